The third kappa shape index (κ3) is 4.56. The molecule has 0 saturated carbocycles. The molecule has 2 fully saturated rings. The first kappa shape index (κ1) is 21.3. The molecule has 2 aromatic rings. The van der Waals surface area contributed by atoms with E-state index in [0.29, 0.717) is 12.1 Å². The summed E-state index contributed by atoms with van der Waals surface area (Å²) < 4.78 is 18.7. The van der Waals surface area contributed by atoms with Crippen molar-refractivity contribution in [2.75, 3.05) is 44.7 Å². The summed E-state index contributed by atoms with van der Waals surface area (Å²) in [4.78, 5) is 32.1. The molecule has 0 bridgehead atoms. The van der Waals surface area contributed by atoms with Crippen LogP contribution in [-0.4, -0.2) is 67.5 Å². The molecule has 6 nitrogen and oxygen atoms in total. The highest BCUT2D eigenvalue weighted by molar-refractivity contribution is 6.06. The predicted octanol–water partition coefficient (Wildman–Crippen LogP) is 3.18. The maximum Gasteiger partial charge on any atom is 0.260 e. The van der Waals surface area contributed by atoms with Gasteiger partial charge in [-0.15, -0.1) is 0 Å². The van der Waals surface area contributed by atoms with E-state index in [-0.39, 0.29) is 17.9 Å². The SMILES string of the molecule is COc1ccccc1N1CCN([C@H]2CCCCN(C(=O)c3ccc(F)cc3)C2=O)CC1. The Kier molecular flexibility index (Phi) is 6.51. The quantitative estimate of drug-likeness (QED) is 0.705. The zero-order chi connectivity index (χ0) is 21.8. The molecule has 2 aromatic carbocycles. The maximum atomic E-state index is 13.3. The van der Waals surface area contributed by atoms with Gasteiger partial charge in [-0.25, -0.2) is 4.39 Å². The number of hydrogen-bond acceptors (Lipinski definition) is 5. The lowest BCUT2D eigenvalue weighted by Crippen LogP contribution is -2.56. The summed E-state index contributed by atoms with van der Waals surface area (Å²) in [5, 5.41) is 0. The number of carbonyl (C=O) groups is 2. The number of hydrogen-bond donors (Lipinski definition) is 0. The van der Waals surface area contributed by atoms with Gasteiger partial charge in [-0.2, -0.15) is 0 Å². The number of methoxy groups -OCH3 is 1. The molecule has 2 amide bonds. The minimum atomic E-state index is -0.399. The number of carbonyl (C=O) groups excluding carboxylic acids is 2. The Labute approximate surface area is 182 Å². The van der Waals surface area contributed by atoms with Crippen LogP contribution < -0.4 is 9.64 Å². The van der Waals surface area contributed by atoms with E-state index in [2.05, 4.69) is 9.80 Å². The Morgan fingerprint density at radius 2 is 1.68 bits per heavy atom. The number of rotatable bonds is 4. The molecule has 2 heterocycles. The number of piperazine rings is 1. The number of imide groups is 1. The van der Waals surface area contributed by atoms with E-state index in [1.165, 1.54) is 29.2 Å². The topological polar surface area (TPSA) is 53.1 Å². The van der Waals surface area contributed by atoms with Gasteiger partial charge in [0.2, 0.25) is 5.91 Å². The van der Waals surface area contributed by atoms with Crippen molar-refractivity contribution in [1.82, 2.24) is 9.80 Å². The highest BCUT2D eigenvalue weighted by atomic mass is 19.1. The summed E-state index contributed by atoms with van der Waals surface area (Å²) in [5.74, 6) is -0.0378. The molecule has 2 aliphatic heterocycles. The number of nitrogens with zero attached hydrogens (tertiary/aromatic N) is 3. The fourth-order valence-corrected chi connectivity index (χ4v) is 4.48. The Balaban J connectivity index is 1.45. The van der Waals surface area contributed by atoms with Gasteiger partial charge in [0, 0.05) is 38.3 Å². The van der Waals surface area contributed by atoms with Crippen LogP contribution in [0.25, 0.3) is 0 Å². The third-order valence-corrected chi connectivity index (χ3v) is 6.18. The second kappa shape index (κ2) is 9.47. The Hall–Kier alpha value is -2.93. The van der Waals surface area contributed by atoms with Crippen LogP contribution >= 0.6 is 0 Å². The smallest absolute Gasteiger partial charge is 0.260 e. The highest BCUT2D eigenvalue weighted by Crippen LogP contribution is 2.29. The second-order valence-electron chi connectivity index (χ2n) is 8.01. The third-order valence-electron chi connectivity index (χ3n) is 6.18. The van der Waals surface area contributed by atoms with Gasteiger partial charge in [-0.1, -0.05) is 12.1 Å². The monoisotopic (exact) mass is 425 g/mol. The van der Waals surface area contributed by atoms with Crippen LogP contribution in [0.3, 0.4) is 0 Å². The van der Waals surface area contributed by atoms with Gasteiger partial charge in [0.05, 0.1) is 18.8 Å². The van der Waals surface area contributed by atoms with Crippen LogP contribution in [0.1, 0.15) is 29.6 Å². The van der Waals surface area contributed by atoms with Crippen LogP contribution in [0, 0.1) is 5.82 Å². The van der Waals surface area contributed by atoms with E-state index in [4.69, 9.17) is 4.74 Å². The minimum Gasteiger partial charge on any atom is -0.495 e. The van der Waals surface area contributed by atoms with E-state index in [9.17, 15) is 14.0 Å². The van der Waals surface area contributed by atoms with Crippen molar-refractivity contribution >= 4 is 17.5 Å². The second-order valence-corrected chi connectivity index (χ2v) is 8.01. The van der Waals surface area contributed by atoms with E-state index in [0.717, 1.165) is 56.9 Å². The predicted molar refractivity (Wildman–Crippen MR) is 117 cm³/mol. The highest BCUT2D eigenvalue weighted by Gasteiger charge is 2.36. The average Bonchev–Trinajstić information content (AvgIpc) is 3.00. The van der Waals surface area contributed by atoms with Crippen LogP contribution in [0.5, 0.6) is 5.75 Å². The van der Waals surface area contributed by atoms with Gasteiger partial charge >= 0.3 is 0 Å². The average molecular weight is 426 g/mol. The molecular formula is C24H28FN3O3. The molecule has 0 spiro atoms. The van der Waals surface area contributed by atoms with Gasteiger partial charge < -0.3 is 9.64 Å². The first-order valence-electron chi connectivity index (χ1n) is 10.8. The summed E-state index contributed by atoms with van der Waals surface area (Å²) in [6.45, 7) is 3.47. The lowest BCUT2D eigenvalue weighted by Gasteiger charge is -2.40. The van der Waals surface area contributed by atoms with Gasteiger partial charge in [-0.05, 0) is 55.7 Å². The van der Waals surface area contributed by atoms with Gasteiger partial charge in [-0.3, -0.25) is 19.4 Å². The first-order valence-corrected chi connectivity index (χ1v) is 10.8. The standard InChI is InChI=1S/C24H28FN3O3/c1-31-22-8-3-2-6-20(22)26-14-16-27(17-15-26)21-7-4-5-13-28(24(21)30)23(29)18-9-11-19(25)12-10-18/h2-3,6,8-12,21H,4-5,7,13-17H2,1H3/t21-/m0/s1. The van der Waals surface area contributed by atoms with Crippen molar-refractivity contribution in [2.24, 2.45) is 0 Å². The van der Waals surface area contributed by atoms with Crippen LogP contribution in [-0.2, 0) is 4.79 Å². The largest absolute Gasteiger partial charge is 0.495 e. The van der Waals surface area contributed by atoms with Crippen molar-refractivity contribution in [3.05, 3.63) is 59.9 Å². The number of benzene rings is 2. The Morgan fingerprint density at radius 1 is 0.968 bits per heavy atom. The first-order chi connectivity index (χ1) is 15.1. The zero-order valence-corrected chi connectivity index (χ0v) is 17.8. The Bertz CT molecular complexity index is 926. The number of anilines is 1. The summed E-state index contributed by atoms with van der Waals surface area (Å²) in [5.41, 5.74) is 1.40. The molecule has 0 radical (unpaired) electrons. The van der Waals surface area contributed by atoms with Gasteiger partial charge in [0.25, 0.3) is 5.91 Å². The van der Waals surface area contributed by atoms with Crippen LogP contribution in [0.15, 0.2) is 48.5 Å². The number of likely N-dealkylation sites (tertiary alicyclic amines) is 1. The maximum absolute atomic E-state index is 13.3. The molecule has 1 atom stereocenters. The molecule has 164 valence electrons. The van der Waals surface area contributed by atoms with E-state index in [1.54, 1.807) is 7.11 Å². The van der Waals surface area contributed by atoms with Crippen molar-refractivity contribution in [2.45, 2.75) is 25.3 Å². The molecular weight excluding hydrogens is 397 g/mol. The number of ether oxygens (including phenoxy) is 1. The molecule has 4 rings (SSSR count). The summed E-state index contributed by atoms with van der Waals surface area (Å²) in [6.07, 6.45) is 2.44. The van der Waals surface area contributed by atoms with Crippen molar-refractivity contribution in [1.29, 1.82) is 0 Å². The van der Waals surface area contributed by atoms with Crippen LogP contribution in [0.4, 0.5) is 10.1 Å². The fraction of sp³-hybridized carbons (Fsp3) is 0.417. The van der Waals surface area contributed by atoms with Crippen molar-refractivity contribution in [3.8, 4) is 5.75 Å². The molecule has 0 N–H and O–H groups in total. The Morgan fingerprint density at radius 3 is 2.39 bits per heavy atom. The normalized spacial score (nSPS) is 20.5. The summed E-state index contributed by atoms with van der Waals surface area (Å²) in [7, 11) is 1.67. The van der Waals surface area contributed by atoms with Gasteiger partial charge in [0.1, 0.15) is 11.6 Å². The molecule has 0 unspecified atom stereocenters. The molecule has 2 aliphatic rings. The molecule has 0 aliphatic carbocycles. The zero-order valence-electron chi connectivity index (χ0n) is 17.8. The number of amides is 2. The molecule has 7 heteroatoms. The van der Waals surface area contributed by atoms with Crippen LogP contribution in [0.2, 0.25) is 0 Å². The lowest BCUT2D eigenvalue weighted by atomic mass is 10.1. The summed E-state index contributed by atoms with van der Waals surface area (Å²) in [6, 6.07) is 13.0. The molecule has 2 saturated heterocycles. The lowest BCUT2D eigenvalue weighted by molar-refractivity contribution is -0.134. The van der Waals surface area contributed by atoms with Crippen molar-refractivity contribution in [3.63, 3.8) is 0 Å². The molecule has 0 aromatic heterocycles. The minimum absolute atomic E-state index is 0.141. The number of para-hydroxylation sites is 2. The number of halogens is 1. The van der Waals surface area contributed by atoms with E-state index in [1.807, 2.05) is 24.3 Å². The van der Waals surface area contributed by atoms with E-state index < -0.39 is 5.82 Å². The molecule has 31 heavy (non-hydrogen) atoms. The van der Waals surface area contributed by atoms with Gasteiger partial charge in [0.15, 0.2) is 0 Å². The van der Waals surface area contributed by atoms with Crippen molar-refractivity contribution < 1.29 is 18.7 Å². The van der Waals surface area contributed by atoms with E-state index >= 15 is 0 Å². The fourth-order valence-electron chi connectivity index (χ4n) is 4.48. The summed E-state index contributed by atoms with van der Waals surface area (Å²) >= 11 is 0.